The summed E-state index contributed by atoms with van der Waals surface area (Å²) in [5, 5.41) is 0. The van der Waals surface area contributed by atoms with E-state index < -0.39 is 0 Å². The summed E-state index contributed by atoms with van der Waals surface area (Å²) in [6, 6.07) is 5.10. The van der Waals surface area contributed by atoms with Gasteiger partial charge in [0.25, 0.3) is 0 Å². The molecule has 0 spiro atoms. The number of benzene rings is 1. The van der Waals surface area contributed by atoms with Crippen molar-refractivity contribution in [3.8, 4) is 0 Å². The highest BCUT2D eigenvalue weighted by Gasteiger charge is 2.10. The van der Waals surface area contributed by atoms with Gasteiger partial charge in [0.2, 0.25) is 0 Å². The van der Waals surface area contributed by atoms with Crippen molar-refractivity contribution in [2.75, 3.05) is 0 Å². The first-order valence-corrected chi connectivity index (χ1v) is 6.86. The summed E-state index contributed by atoms with van der Waals surface area (Å²) in [6.07, 6.45) is 10.1. The number of rotatable bonds is 4. The van der Waals surface area contributed by atoms with Crippen LogP contribution in [0.3, 0.4) is 0 Å². The minimum absolute atomic E-state index is 0.150. The monoisotopic (exact) mass is 244 g/mol. The molecule has 0 bridgehead atoms. The highest BCUT2D eigenvalue weighted by Crippen LogP contribution is 2.29. The summed E-state index contributed by atoms with van der Waals surface area (Å²) < 4.78 is 13.3. The molecule has 0 atom stereocenters. The first kappa shape index (κ1) is 13.1. The predicted octanol–water partition coefficient (Wildman–Crippen LogP) is 5.29. The van der Waals surface area contributed by atoms with Crippen LogP contribution >= 0.6 is 0 Å². The summed E-state index contributed by atoms with van der Waals surface area (Å²) in [6.45, 7) is 4.31. The van der Waals surface area contributed by atoms with Crippen LogP contribution in [0.1, 0.15) is 50.7 Å². The van der Waals surface area contributed by atoms with E-state index in [1.54, 1.807) is 17.7 Å². The van der Waals surface area contributed by atoms with Crippen molar-refractivity contribution in [3.05, 3.63) is 52.4 Å². The Morgan fingerprint density at radius 1 is 1.33 bits per heavy atom. The van der Waals surface area contributed by atoms with Crippen molar-refractivity contribution in [2.24, 2.45) is 0 Å². The normalized spacial score (nSPS) is 14.9. The molecule has 1 heteroatoms. The van der Waals surface area contributed by atoms with Crippen LogP contribution in [0.4, 0.5) is 4.39 Å². The summed E-state index contributed by atoms with van der Waals surface area (Å²) in [4.78, 5) is 0. The van der Waals surface area contributed by atoms with Crippen LogP contribution in [0.5, 0.6) is 0 Å². The topological polar surface area (TPSA) is 0 Å². The van der Waals surface area contributed by atoms with Gasteiger partial charge >= 0.3 is 0 Å². The number of hydrogen-bond donors (Lipinski definition) is 0. The molecule has 0 amide bonds. The molecule has 0 aliphatic heterocycles. The van der Waals surface area contributed by atoms with Crippen LogP contribution in [0.2, 0.25) is 0 Å². The molecule has 0 saturated heterocycles. The van der Waals surface area contributed by atoms with Crippen molar-refractivity contribution < 1.29 is 4.39 Å². The Hall–Kier alpha value is -1.37. The Labute approximate surface area is 109 Å². The van der Waals surface area contributed by atoms with Gasteiger partial charge in [0.05, 0.1) is 0 Å². The SMILES string of the molecule is CCCc1ccc(F)cc1/C=C\C(C)=C1CCC1. The highest BCUT2D eigenvalue weighted by atomic mass is 19.1. The molecule has 18 heavy (non-hydrogen) atoms. The second kappa shape index (κ2) is 5.99. The largest absolute Gasteiger partial charge is 0.207 e. The molecule has 1 aliphatic rings. The molecule has 1 aromatic carbocycles. The molecule has 1 aromatic rings. The summed E-state index contributed by atoms with van der Waals surface area (Å²) in [7, 11) is 0. The molecule has 0 aromatic heterocycles. The van der Waals surface area contributed by atoms with E-state index in [9.17, 15) is 4.39 Å². The van der Waals surface area contributed by atoms with Crippen LogP contribution in [-0.2, 0) is 6.42 Å². The molecule has 0 unspecified atom stereocenters. The Morgan fingerprint density at radius 2 is 2.11 bits per heavy atom. The molecular formula is C17H21F. The van der Waals surface area contributed by atoms with Gasteiger partial charge in [-0.05, 0) is 55.9 Å². The number of halogens is 1. The molecule has 1 saturated carbocycles. The maximum absolute atomic E-state index is 13.3. The zero-order valence-corrected chi connectivity index (χ0v) is 11.3. The average Bonchev–Trinajstić information content (AvgIpc) is 2.27. The van der Waals surface area contributed by atoms with Crippen LogP contribution < -0.4 is 0 Å². The molecule has 1 aliphatic carbocycles. The van der Waals surface area contributed by atoms with Gasteiger partial charge in [0.15, 0.2) is 0 Å². The number of hydrogen-bond acceptors (Lipinski definition) is 0. The zero-order valence-electron chi connectivity index (χ0n) is 11.3. The minimum atomic E-state index is -0.150. The van der Waals surface area contributed by atoms with E-state index in [0.29, 0.717) is 0 Å². The molecule has 1 fully saturated rings. The zero-order chi connectivity index (χ0) is 13.0. The second-order valence-electron chi connectivity index (χ2n) is 5.07. The van der Waals surface area contributed by atoms with Gasteiger partial charge in [-0.2, -0.15) is 0 Å². The van der Waals surface area contributed by atoms with Gasteiger partial charge in [-0.25, -0.2) is 4.39 Å². The van der Waals surface area contributed by atoms with Gasteiger partial charge < -0.3 is 0 Å². The molecule has 0 radical (unpaired) electrons. The molecule has 96 valence electrons. The molecule has 2 rings (SSSR count). The molecule has 0 N–H and O–H groups in total. The lowest BCUT2D eigenvalue weighted by Gasteiger charge is -2.18. The molecular weight excluding hydrogens is 223 g/mol. The Bertz CT molecular complexity index is 474. The van der Waals surface area contributed by atoms with Crippen LogP contribution in [-0.4, -0.2) is 0 Å². The van der Waals surface area contributed by atoms with Crippen molar-refractivity contribution in [1.82, 2.24) is 0 Å². The average molecular weight is 244 g/mol. The van der Waals surface area contributed by atoms with E-state index >= 15 is 0 Å². The van der Waals surface area contributed by atoms with Crippen molar-refractivity contribution in [1.29, 1.82) is 0 Å². The molecule has 0 heterocycles. The van der Waals surface area contributed by atoms with E-state index in [1.807, 2.05) is 6.07 Å². The lowest BCUT2D eigenvalue weighted by Crippen LogP contribution is -1.98. The maximum atomic E-state index is 13.3. The quantitative estimate of drug-likeness (QED) is 0.675. The van der Waals surface area contributed by atoms with E-state index in [1.165, 1.54) is 30.4 Å². The second-order valence-corrected chi connectivity index (χ2v) is 5.07. The van der Waals surface area contributed by atoms with Gasteiger partial charge in [-0.1, -0.05) is 42.7 Å². The Balaban J connectivity index is 2.21. The maximum Gasteiger partial charge on any atom is 0.123 e. The third kappa shape index (κ3) is 3.10. The van der Waals surface area contributed by atoms with E-state index in [0.717, 1.165) is 18.4 Å². The van der Waals surface area contributed by atoms with E-state index in [4.69, 9.17) is 0 Å². The van der Waals surface area contributed by atoms with Gasteiger partial charge in [0.1, 0.15) is 5.82 Å². The first-order valence-electron chi connectivity index (χ1n) is 6.86. The lowest BCUT2D eigenvalue weighted by atomic mass is 9.88. The van der Waals surface area contributed by atoms with Crippen molar-refractivity contribution in [3.63, 3.8) is 0 Å². The fraction of sp³-hybridized carbons (Fsp3) is 0.412. The summed E-state index contributed by atoms with van der Waals surface area (Å²) in [5.74, 6) is -0.150. The van der Waals surface area contributed by atoms with Gasteiger partial charge in [-0.3, -0.25) is 0 Å². The summed E-state index contributed by atoms with van der Waals surface area (Å²) >= 11 is 0. The summed E-state index contributed by atoms with van der Waals surface area (Å²) in [5.41, 5.74) is 5.17. The van der Waals surface area contributed by atoms with E-state index in [2.05, 4.69) is 26.0 Å². The fourth-order valence-corrected chi connectivity index (χ4v) is 2.30. The smallest absolute Gasteiger partial charge is 0.123 e. The number of allylic oxidation sites excluding steroid dienone is 3. The van der Waals surface area contributed by atoms with Crippen molar-refractivity contribution in [2.45, 2.75) is 46.0 Å². The van der Waals surface area contributed by atoms with E-state index in [-0.39, 0.29) is 5.82 Å². The fourth-order valence-electron chi connectivity index (χ4n) is 2.30. The van der Waals surface area contributed by atoms with Crippen LogP contribution in [0.15, 0.2) is 35.4 Å². The molecule has 0 nitrogen and oxygen atoms in total. The first-order chi connectivity index (χ1) is 8.70. The third-order valence-electron chi connectivity index (χ3n) is 3.65. The van der Waals surface area contributed by atoms with Gasteiger partial charge in [-0.15, -0.1) is 0 Å². The van der Waals surface area contributed by atoms with Crippen LogP contribution in [0, 0.1) is 5.82 Å². The Morgan fingerprint density at radius 3 is 2.72 bits per heavy atom. The third-order valence-corrected chi connectivity index (χ3v) is 3.65. The van der Waals surface area contributed by atoms with Gasteiger partial charge in [0, 0.05) is 0 Å². The Kier molecular flexibility index (Phi) is 4.35. The standard InChI is InChI=1S/C17H21F/c1-3-5-15-10-11-17(18)12-16(15)9-8-13(2)14-6-4-7-14/h8-12H,3-7H2,1-2H3/b9-8-. The lowest BCUT2D eigenvalue weighted by molar-refractivity contribution is 0.626. The predicted molar refractivity (Wildman–Crippen MR) is 76.0 cm³/mol. The highest BCUT2D eigenvalue weighted by molar-refractivity contribution is 5.57. The number of aryl methyl sites for hydroxylation is 1. The van der Waals surface area contributed by atoms with Crippen LogP contribution in [0.25, 0.3) is 6.08 Å². The minimum Gasteiger partial charge on any atom is -0.207 e. The van der Waals surface area contributed by atoms with Crippen molar-refractivity contribution >= 4 is 6.08 Å².